The fourth-order valence-electron chi connectivity index (χ4n) is 4.40. The maximum Gasteiger partial charge on any atom is 0.161 e. The molecule has 1 aromatic carbocycles. The lowest BCUT2D eigenvalue weighted by Crippen LogP contribution is -2.13. The summed E-state index contributed by atoms with van der Waals surface area (Å²) in [6.07, 6.45) is 14.4. The van der Waals surface area contributed by atoms with Crippen LogP contribution in [0.2, 0.25) is 0 Å². The maximum absolute atomic E-state index is 12.3. The monoisotopic (exact) mass is 444 g/mol. The second kappa shape index (κ2) is 14.4. The smallest absolute Gasteiger partial charge is 0.161 e. The number of aryl methyl sites for hydroxylation is 1. The van der Waals surface area contributed by atoms with Crippen LogP contribution in [0.3, 0.4) is 0 Å². The van der Waals surface area contributed by atoms with Crippen LogP contribution in [-0.2, 0) is 16.0 Å². The predicted molar refractivity (Wildman–Crippen MR) is 132 cm³/mol. The quantitative estimate of drug-likeness (QED) is 0.292. The van der Waals surface area contributed by atoms with Gasteiger partial charge in [0.1, 0.15) is 0 Å². The number of phenolic OH excluding ortho intramolecular Hbond substituents is 1. The normalized spacial score (nSPS) is 15.7. The first-order valence-electron chi connectivity index (χ1n) is 12.6. The first kappa shape index (κ1) is 26.4. The SMILES string of the molecule is CCCC=CC(=O)CCc1cc(OC2CCCC2)c(O)c([C@H](CCOC)CCC(C)C)c1. The van der Waals surface area contributed by atoms with Crippen molar-refractivity contribution in [3.8, 4) is 11.5 Å². The first-order valence-corrected chi connectivity index (χ1v) is 12.6. The van der Waals surface area contributed by atoms with Crippen LogP contribution in [0.1, 0.15) is 102 Å². The highest BCUT2D eigenvalue weighted by atomic mass is 16.5. The van der Waals surface area contributed by atoms with Crippen LogP contribution in [0.5, 0.6) is 11.5 Å². The molecule has 0 aliphatic heterocycles. The van der Waals surface area contributed by atoms with E-state index in [1.54, 1.807) is 13.2 Å². The Balaban J connectivity index is 2.27. The Morgan fingerprint density at radius 2 is 1.94 bits per heavy atom. The van der Waals surface area contributed by atoms with Gasteiger partial charge >= 0.3 is 0 Å². The topological polar surface area (TPSA) is 55.8 Å². The van der Waals surface area contributed by atoms with Gasteiger partial charge in [-0.25, -0.2) is 0 Å². The largest absolute Gasteiger partial charge is 0.504 e. The number of rotatable bonds is 15. The highest BCUT2D eigenvalue weighted by Crippen LogP contribution is 2.41. The van der Waals surface area contributed by atoms with Gasteiger partial charge < -0.3 is 14.6 Å². The molecule has 32 heavy (non-hydrogen) atoms. The molecule has 0 spiro atoms. The second-order valence-electron chi connectivity index (χ2n) is 9.66. The molecule has 1 N–H and O–H groups in total. The Bertz CT molecular complexity index is 716. The van der Waals surface area contributed by atoms with Crippen molar-refractivity contribution in [3.63, 3.8) is 0 Å². The standard InChI is InChI=1S/C28H44O4/c1-5-6-7-10-24(29)16-14-22-19-26(23(17-18-31-4)15-13-21(2)3)28(30)27(20-22)32-25-11-8-9-12-25/h7,10,19-21,23,25,30H,5-6,8-9,11-18H2,1-4H3/t23-/m0/s1. The van der Waals surface area contributed by atoms with E-state index in [0.717, 1.165) is 56.1 Å². The van der Waals surface area contributed by atoms with E-state index in [4.69, 9.17) is 9.47 Å². The summed E-state index contributed by atoms with van der Waals surface area (Å²) >= 11 is 0. The fourth-order valence-corrected chi connectivity index (χ4v) is 4.40. The van der Waals surface area contributed by atoms with E-state index in [-0.39, 0.29) is 23.6 Å². The number of carbonyl (C=O) groups is 1. The lowest BCUT2D eigenvalue weighted by molar-refractivity contribution is -0.114. The van der Waals surface area contributed by atoms with E-state index >= 15 is 0 Å². The summed E-state index contributed by atoms with van der Waals surface area (Å²) in [5.41, 5.74) is 2.01. The number of methoxy groups -OCH3 is 1. The number of benzene rings is 1. The molecule has 0 heterocycles. The lowest BCUT2D eigenvalue weighted by atomic mass is 9.86. The van der Waals surface area contributed by atoms with E-state index in [9.17, 15) is 9.90 Å². The third-order valence-electron chi connectivity index (χ3n) is 6.38. The molecule has 1 saturated carbocycles. The van der Waals surface area contributed by atoms with Gasteiger partial charge in [0.25, 0.3) is 0 Å². The van der Waals surface area contributed by atoms with Crippen LogP contribution < -0.4 is 4.74 Å². The van der Waals surface area contributed by atoms with E-state index < -0.39 is 0 Å². The minimum Gasteiger partial charge on any atom is -0.504 e. The summed E-state index contributed by atoms with van der Waals surface area (Å²) in [5.74, 6) is 1.84. The predicted octanol–water partition coefficient (Wildman–Crippen LogP) is 7.13. The van der Waals surface area contributed by atoms with Gasteiger partial charge in [0, 0.05) is 25.7 Å². The van der Waals surface area contributed by atoms with Crippen LogP contribution in [0, 0.1) is 5.92 Å². The number of ether oxygens (including phenoxy) is 2. The fraction of sp³-hybridized carbons (Fsp3) is 0.679. The Kier molecular flexibility index (Phi) is 11.9. The molecule has 1 fully saturated rings. The molecule has 0 aromatic heterocycles. The molecular formula is C28H44O4. The highest BCUT2D eigenvalue weighted by Gasteiger charge is 2.23. The minimum atomic E-state index is 0.155. The average Bonchev–Trinajstić information content (AvgIpc) is 3.27. The Morgan fingerprint density at radius 1 is 1.19 bits per heavy atom. The van der Waals surface area contributed by atoms with Gasteiger partial charge in [-0.2, -0.15) is 0 Å². The zero-order valence-electron chi connectivity index (χ0n) is 20.7. The summed E-state index contributed by atoms with van der Waals surface area (Å²) < 4.78 is 11.6. The average molecular weight is 445 g/mol. The van der Waals surface area contributed by atoms with E-state index in [1.165, 1.54) is 12.8 Å². The summed E-state index contributed by atoms with van der Waals surface area (Å²) in [7, 11) is 1.72. The summed E-state index contributed by atoms with van der Waals surface area (Å²) in [5, 5.41) is 11.2. The van der Waals surface area contributed by atoms with Gasteiger partial charge in [-0.15, -0.1) is 0 Å². The molecule has 1 aliphatic carbocycles. The number of hydrogen-bond donors (Lipinski definition) is 1. The van der Waals surface area contributed by atoms with Crippen molar-refractivity contribution in [2.24, 2.45) is 5.92 Å². The van der Waals surface area contributed by atoms with Crippen LogP contribution in [-0.4, -0.2) is 30.7 Å². The van der Waals surface area contributed by atoms with Crippen LogP contribution in [0.25, 0.3) is 0 Å². The number of ketones is 1. The second-order valence-corrected chi connectivity index (χ2v) is 9.66. The first-order chi connectivity index (χ1) is 15.4. The van der Waals surface area contributed by atoms with E-state index in [1.807, 2.05) is 12.1 Å². The molecule has 1 atom stereocenters. The number of carbonyl (C=O) groups excluding carboxylic acids is 1. The molecule has 1 aliphatic rings. The molecule has 0 unspecified atom stereocenters. The van der Waals surface area contributed by atoms with Gasteiger partial charge in [-0.05, 0) is 80.9 Å². The molecule has 4 nitrogen and oxygen atoms in total. The summed E-state index contributed by atoms with van der Waals surface area (Å²) in [6, 6.07) is 4.05. The molecule has 180 valence electrons. The van der Waals surface area contributed by atoms with Gasteiger partial charge in [-0.3, -0.25) is 4.79 Å². The molecular weight excluding hydrogens is 400 g/mol. The van der Waals surface area contributed by atoms with Crippen molar-refractivity contribution in [1.29, 1.82) is 0 Å². The highest BCUT2D eigenvalue weighted by molar-refractivity contribution is 5.89. The number of aromatic hydroxyl groups is 1. The van der Waals surface area contributed by atoms with Crippen LogP contribution >= 0.6 is 0 Å². The summed E-state index contributed by atoms with van der Waals surface area (Å²) in [4.78, 5) is 12.3. The van der Waals surface area contributed by atoms with Crippen molar-refractivity contribution in [3.05, 3.63) is 35.4 Å². The van der Waals surface area contributed by atoms with Gasteiger partial charge in [-0.1, -0.05) is 45.8 Å². The molecule has 4 heteroatoms. The zero-order valence-corrected chi connectivity index (χ0v) is 20.7. The maximum atomic E-state index is 12.3. The van der Waals surface area contributed by atoms with Crippen molar-refractivity contribution in [2.45, 2.75) is 103 Å². The van der Waals surface area contributed by atoms with Crippen molar-refractivity contribution < 1.29 is 19.4 Å². The van der Waals surface area contributed by atoms with Gasteiger partial charge in [0.15, 0.2) is 17.3 Å². The van der Waals surface area contributed by atoms with Crippen LogP contribution in [0.4, 0.5) is 0 Å². The molecule has 0 bridgehead atoms. The van der Waals surface area contributed by atoms with Gasteiger partial charge in [0.2, 0.25) is 0 Å². The van der Waals surface area contributed by atoms with Gasteiger partial charge in [0.05, 0.1) is 6.10 Å². The Labute approximate surface area is 195 Å². The number of phenols is 1. The lowest BCUT2D eigenvalue weighted by Gasteiger charge is -2.23. The molecule has 2 rings (SSSR count). The van der Waals surface area contributed by atoms with Crippen molar-refractivity contribution in [1.82, 2.24) is 0 Å². The molecule has 0 radical (unpaired) electrons. The number of allylic oxidation sites excluding steroid dienone is 2. The number of unbranched alkanes of at least 4 members (excludes halogenated alkanes) is 1. The third kappa shape index (κ3) is 8.97. The Hall–Kier alpha value is -1.81. The van der Waals surface area contributed by atoms with E-state index in [2.05, 4.69) is 26.8 Å². The third-order valence-corrected chi connectivity index (χ3v) is 6.38. The molecule has 1 aromatic rings. The molecule has 0 saturated heterocycles. The molecule has 0 amide bonds. The van der Waals surface area contributed by atoms with Crippen LogP contribution in [0.15, 0.2) is 24.3 Å². The van der Waals surface area contributed by atoms with E-state index in [0.29, 0.717) is 31.1 Å². The number of hydrogen-bond acceptors (Lipinski definition) is 4. The Morgan fingerprint density at radius 3 is 2.59 bits per heavy atom. The van der Waals surface area contributed by atoms with Crippen molar-refractivity contribution in [2.75, 3.05) is 13.7 Å². The zero-order chi connectivity index (χ0) is 23.3. The summed E-state index contributed by atoms with van der Waals surface area (Å²) in [6.45, 7) is 7.23. The van der Waals surface area contributed by atoms with Crippen molar-refractivity contribution >= 4 is 5.78 Å². The minimum absolute atomic E-state index is 0.155.